The molecule has 2 aromatic rings. The number of carbonyl (C=O) groups is 1. The van der Waals surface area contributed by atoms with Crippen LogP contribution < -0.4 is 10.6 Å². The van der Waals surface area contributed by atoms with Gasteiger partial charge in [0.05, 0.1) is 11.7 Å². The molecule has 0 spiro atoms. The maximum Gasteiger partial charge on any atom is 0.273 e. The van der Waals surface area contributed by atoms with E-state index >= 15 is 0 Å². The van der Waals surface area contributed by atoms with Gasteiger partial charge in [0.1, 0.15) is 0 Å². The average Bonchev–Trinajstić information content (AvgIpc) is 3.09. The molecule has 0 atom stereocenters. The van der Waals surface area contributed by atoms with Gasteiger partial charge < -0.3 is 10.6 Å². The van der Waals surface area contributed by atoms with Gasteiger partial charge in [-0.2, -0.15) is 0 Å². The Morgan fingerprint density at radius 1 is 1.25 bits per heavy atom. The van der Waals surface area contributed by atoms with Crippen molar-refractivity contribution in [2.24, 2.45) is 5.41 Å². The highest BCUT2D eigenvalue weighted by Gasteiger charge is 2.24. The predicted molar refractivity (Wildman–Crippen MR) is 111 cm³/mol. The smallest absolute Gasteiger partial charge is 0.273 e. The van der Waals surface area contributed by atoms with Crippen LogP contribution >= 0.6 is 0 Å². The van der Waals surface area contributed by atoms with E-state index < -0.39 is 0 Å². The molecule has 152 valence electrons. The van der Waals surface area contributed by atoms with Gasteiger partial charge in [0, 0.05) is 6.54 Å². The van der Waals surface area contributed by atoms with Crippen molar-refractivity contribution >= 4 is 5.91 Å². The van der Waals surface area contributed by atoms with Gasteiger partial charge in [-0.3, -0.25) is 4.79 Å². The summed E-state index contributed by atoms with van der Waals surface area (Å²) in [5.74, 6) is -0.117. The molecule has 1 saturated heterocycles. The number of piperidine rings is 1. The molecule has 0 bridgehead atoms. The first-order valence-electron chi connectivity index (χ1n) is 10.4. The van der Waals surface area contributed by atoms with E-state index in [1.807, 2.05) is 17.7 Å². The second-order valence-corrected chi connectivity index (χ2v) is 8.64. The number of hydrogen-bond acceptors (Lipinski definition) is 4. The number of rotatable bonds is 8. The fourth-order valence-electron chi connectivity index (χ4n) is 3.86. The Labute approximate surface area is 168 Å². The number of amides is 1. The van der Waals surface area contributed by atoms with E-state index in [1.54, 1.807) is 0 Å². The molecule has 1 amide bonds. The molecular formula is C22H33N5O. The SMILES string of the molecule is Cc1c(C(=O)NCC(C)(C)CCCc2ccccc2)nnn1C1CCNCC1. The first kappa shape index (κ1) is 20.5. The molecule has 0 saturated carbocycles. The summed E-state index contributed by atoms with van der Waals surface area (Å²) in [6, 6.07) is 10.9. The highest BCUT2D eigenvalue weighted by molar-refractivity contribution is 5.93. The summed E-state index contributed by atoms with van der Waals surface area (Å²) in [4.78, 5) is 12.7. The zero-order chi connectivity index (χ0) is 20.0. The van der Waals surface area contributed by atoms with Crippen LogP contribution in [0, 0.1) is 12.3 Å². The lowest BCUT2D eigenvalue weighted by Gasteiger charge is -2.25. The summed E-state index contributed by atoms with van der Waals surface area (Å²) in [6.07, 6.45) is 5.29. The van der Waals surface area contributed by atoms with Crippen molar-refractivity contribution in [3.63, 3.8) is 0 Å². The molecule has 0 aliphatic carbocycles. The maximum absolute atomic E-state index is 12.7. The van der Waals surface area contributed by atoms with Crippen LogP contribution in [-0.2, 0) is 6.42 Å². The lowest BCUT2D eigenvalue weighted by Crippen LogP contribution is -2.34. The van der Waals surface area contributed by atoms with Gasteiger partial charge in [-0.25, -0.2) is 4.68 Å². The first-order chi connectivity index (χ1) is 13.5. The molecule has 28 heavy (non-hydrogen) atoms. The quantitative estimate of drug-likeness (QED) is 0.734. The van der Waals surface area contributed by atoms with E-state index in [0.29, 0.717) is 18.3 Å². The van der Waals surface area contributed by atoms with Gasteiger partial charge in [-0.1, -0.05) is 49.4 Å². The van der Waals surface area contributed by atoms with Crippen molar-refractivity contribution in [1.82, 2.24) is 25.6 Å². The summed E-state index contributed by atoms with van der Waals surface area (Å²) in [5, 5.41) is 14.9. The van der Waals surface area contributed by atoms with E-state index in [1.165, 1.54) is 5.56 Å². The molecule has 0 radical (unpaired) electrons. The van der Waals surface area contributed by atoms with E-state index in [9.17, 15) is 4.79 Å². The second kappa shape index (κ2) is 9.32. The van der Waals surface area contributed by atoms with E-state index in [-0.39, 0.29) is 11.3 Å². The van der Waals surface area contributed by atoms with Crippen LogP contribution in [0.1, 0.15) is 67.3 Å². The second-order valence-electron chi connectivity index (χ2n) is 8.64. The van der Waals surface area contributed by atoms with Crippen molar-refractivity contribution < 1.29 is 4.79 Å². The molecule has 6 heteroatoms. The standard InChI is InChI=1S/C22H33N5O/c1-17-20(25-26-27(17)19-11-14-23-15-12-19)21(28)24-16-22(2,3)13-7-10-18-8-5-4-6-9-18/h4-6,8-9,19,23H,7,10-16H2,1-3H3,(H,24,28). The Hall–Kier alpha value is -2.21. The minimum Gasteiger partial charge on any atom is -0.350 e. The van der Waals surface area contributed by atoms with Gasteiger partial charge in [-0.05, 0) is 63.1 Å². The Balaban J connectivity index is 1.49. The molecule has 1 fully saturated rings. The zero-order valence-electron chi connectivity index (χ0n) is 17.4. The van der Waals surface area contributed by atoms with Gasteiger partial charge in [0.25, 0.3) is 5.91 Å². The minimum atomic E-state index is -0.117. The zero-order valence-corrected chi connectivity index (χ0v) is 17.4. The average molecular weight is 384 g/mol. The van der Waals surface area contributed by atoms with Crippen LogP contribution in [0.15, 0.2) is 30.3 Å². The van der Waals surface area contributed by atoms with E-state index in [0.717, 1.165) is 50.9 Å². The molecule has 0 unspecified atom stereocenters. The number of nitrogens with zero attached hydrogens (tertiary/aromatic N) is 3. The Morgan fingerprint density at radius 2 is 1.96 bits per heavy atom. The minimum absolute atomic E-state index is 0.0450. The number of hydrogen-bond donors (Lipinski definition) is 2. The molecule has 2 N–H and O–H groups in total. The van der Waals surface area contributed by atoms with E-state index in [4.69, 9.17) is 0 Å². The predicted octanol–water partition coefficient (Wildman–Crippen LogP) is 3.29. The fraction of sp³-hybridized carbons (Fsp3) is 0.591. The fourth-order valence-corrected chi connectivity index (χ4v) is 3.86. The number of aromatic nitrogens is 3. The van der Waals surface area contributed by atoms with Crippen molar-refractivity contribution in [2.45, 2.75) is 58.9 Å². The topological polar surface area (TPSA) is 71.8 Å². The number of aryl methyl sites for hydroxylation is 1. The number of carbonyl (C=O) groups excluding carboxylic acids is 1. The molecule has 3 rings (SSSR count). The summed E-state index contributed by atoms with van der Waals surface area (Å²) < 4.78 is 1.93. The lowest BCUT2D eigenvalue weighted by atomic mass is 9.86. The number of benzene rings is 1. The van der Waals surface area contributed by atoms with Crippen molar-refractivity contribution in [2.75, 3.05) is 19.6 Å². The summed E-state index contributed by atoms with van der Waals surface area (Å²) in [5.41, 5.74) is 2.74. The van der Waals surface area contributed by atoms with Gasteiger partial charge in [-0.15, -0.1) is 5.10 Å². The molecule has 6 nitrogen and oxygen atoms in total. The Kier molecular flexibility index (Phi) is 6.83. The van der Waals surface area contributed by atoms with Gasteiger partial charge in [0.2, 0.25) is 0 Å². The van der Waals surface area contributed by atoms with Crippen molar-refractivity contribution in [3.05, 3.63) is 47.3 Å². The third-order valence-electron chi connectivity index (χ3n) is 5.69. The largest absolute Gasteiger partial charge is 0.350 e. The molecule has 2 heterocycles. The summed E-state index contributed by atoms with van der Waals surface area (Å²) in [7, 11) is 0. The summed E-state index contributed by atoms with van der Waals surface area (Å²) >= 11 is 0. The first-order valence-corrected chi connectivity index (χ1v) is 10.4. The van der Waals surface area contributed by atoms with Crippen LogP contribution in [-0.4, -0.2) is 40.5 Å². The van der Waals surface area contributed by atoms with Crippen LogP contribution in [0.5, 0.6) is 0 Å². The lowest BCUT2D eigenvalue weighted by molar-refractivity contribution is 0.0928. The van der Waals surface area contributed by atoms with Crippen LogP contribution in [0.3, 0.4) is 0 Å². The highest BCUT2D eigenvalue weighted by atomic mass is 16.2. The van der Waals surface area contributed by atoms with Crippen LogP contribution in [0.25, 0.3) is 0 Å². The van der Waals surface area contributed by atoms with E-state index in [2.05, 4.69) is 59.1 Å². The Morgan fingerprint density at radius 3 is 2.68 bits per heavy atom. The third kappa shape index (κ3) is 5.41. The molecule has 1 aliphatic heterocycles. The maximum atomic E-state index is 12.7. The molecule has 1 aromatic heterocycles. The van der Waals surface area contributed by atoms with Crippen molar-refractivity contribution in [1.29, 1.82) is 0 Å². The normalized spacial score (nSPS) is 15.5. The van der Waals surface area contributed by atoms with Gasteiger partial charge in [0.15, 0.2) is 5.69 Å². The van der Waals surface area contributed by atoms with Crippen LogP contribution in [0.4, 0.5) is 0 Å². The van der Waals surface area contributed by atoms with Gasteiger partial charge >= 0.3 is 0 Å². The molecule has 1 aromatic carbocycles. The summed E-state index contributed by atoms with van der Waals surface area (Å²) in [6.45, 7) is 8.97. The Bertz CT molecular complexity index is 762. The van der Waals surface area contributed by atoms with Crippen LogP contribution in [0.2, 0.25) is 0 Å². The molecule has 1 aliphatic rings. The highest BCUT2D eigenvalue weighted by Crippen LogP contribution is 2.23. The number of nitrogens with one attached hydrogen (secondary N) is 2. The molecular weight excluding hydrogens is 350 g/mol. The van der Waals surface area contributed by atoms with Crippen molar-refractivity contribution in [3.8, 4) is 0 Å². The third-order valence-corrected chi connectivity index (χ3v) is 5.69. The monoisotopic (exact) mass is 383 g/mol.